The first kappa shape index (κ1) is 9.97. The Morgan fingerprint density at radius 1 is 1.43 bits per heavy atom. The third kappa shape index (κ3) is 1.54. The number of amides is 1. The highest BCUT2D eigenvalue weighted by Crippen LogP contribution is 2.40. The number of hydrogen-bond donors (Lipinski definition) is 1. The van der Waals surface area contributed by atoms with E-state index >= 15 is 0 Å². The molecule has 1 heterocycles. The van der Waals surface area contributed by atoms with Gasteiger partial charge in [0.1, 0.15) is 0 Å². The fraction of sp³-hybridized carbons (Fsp3) is 0.909. The van der Waals surface area contributed by atoms with Crippen LogP contribution in [0.2, 0.25) is 0 Å². The zero-order valence-electron chi connectivity index (χ0n) is 9.34. The average Bonchev–Trinajstić information content (AvgIpc) is 2.85. The van der Waals surface area contributed by atoms with Crippen LogP contribution in [0.3, 0.4) is 0 Å². The third-order valence-corrected chi connectivity index (χ3v) is 3.70. The molecular weight excluding hydrogens is 176 g/mol. The van der Waals surface area contributed by atoms with Crippen LogP contribution in [0.25, 0.3) is 0 Å². The maximum Gasteiger partial charge on any atom is 0.243 e. The Kier molecular flexibility index (Phi) is 2.30. The standard InChI is InChI=1S/C11H20N2O/c1-8(2)9(3)6-13-7-12-11(4-5-11)10(13)14/h8-9,12H,4-7H2,1-3H3. The summed E-state index contributed by atoms with van der Waals surface area (Å²) in [5.74, 6) is 1.58. The van der Waals surface area contributed by atoms with Crippen LogP contribution >= 0.6 is 0 Å². The highest BCUT2D eigenvalue weighted by atomic mass is 16.2. The monoisotopic (exact) mass is 196 g/mol. The van der Waals surface area contributed by atoms with Crippen LogP contribution in [0.1, 0.15) is 33.6 Å². The van der Waals surface area contributed by atoms with Gasteiger partial charge in [-0.05, 0) is 24.7 Å². The molecule has 3 nitrogen and oxygen atoms in total. The average molecular weight is 196 g/mol. The minimum Gasteiger partial charge on any atom is -0.328 e. The van der Waals surface area contributed by atoms with E-state index in [0.29, 0.717) is 17.7 Å². The lowest BCUT2D eigenvalue weighted by molar-refractivity contribution is -0.130. The fourth-order valence-electron chi connectivity index (χ4n) is 1.92. The Morgan fingerprint density at radius 3 is 2.50 bits per heavy atom. The van der Waals surface area contributed by atoms with Crippen LogP contribution in [0.4, 0.5) is 0 Å². The van der Waals surface area contributed by atoms with Gasteiger partial charge >= 0.3 is 0 Å². The highest BCUT2D eigenvalue weighted by molar-refractivity contribution is 5.91. The van der Waals surface area contributed by atoms with Crippen LogP contribution in [-0.2, 0) is 4.79 Å². The zero-order chi connectivity index (χ0) is 10.3. The second kappa shape index (κ2) is 3.23. The van der Waals surface area contributed by atoms with E-state index < -0.39 is 0 Å². The molecule has 1 N–H and O–H groups in total. The molecule has 0 radical (unpaired) electrons. The number of nitrogens with zero attached hydrogens (tertiary/aromatic N) is 1. The Bertz CT molecular complexity index is 246. The van der Waals surface area contributed by atoms with Crippen molar-refractivity contribution in [1.29, 1.82) is 0 Å². The normalized spacial score (nSPS) is 26.3. The number of nitrogens with one attached hydrogen (secondary N) is 1. The Balaban J connectivity index is 1.91. The van der Waals surface area contributed by atoms with Crippen molar-refractivity contribution in [2.45, 2.75) is 39.2 Å². The molecule has 2 fully saturated rings. The summed E-state index contributed by atoms with van der Waals surface area (Å²) in [5, 5.41) is 3.33. The molecule has 2 aliphatic rings. The predicted octanol–water partition coefficient (Wildman–Crippen LogP) is 1.20. The van der Waals surface area contributed by atoms with E-state index in [-0.39, 0.29) is 5.54 Å². The largest absolute Gasteiger partial charge is 0.328 e. The first-order valence-corrected chi connectivity index (χ1v) is 5.59. The quantitative estimate of drug-likeness (QED) is 0.735. The molecule has 14 heavy (non-hydrogen) atoms. The van der Waals surface area contributed by atoms with E-state index in [2.05, 4.69) is 26.1 Å². The summed E-state index contributed by atoms with van der Waals surface area (Å²) in [6.07, 6.45) is 2.08. The summed E-state index contributed by atoms with van der Waals surface area (Å²) in [5.41, 5.74) is -0.114. The molecular formula is C11H20N2O. The Morgan fingerprint density at radius 2 is 2.07 bits per heavy atom. The molecule has 80 valence electrons. The van der Waals surface area contributed by atoms with Crippen LogP contribution in [0.15, 0.2) is 0 Å². The summed E-state index contributed by atoms with van der Waals surface area (Å²) in [6, 6.07) is 0. The van der Waals surface area contributed by atoms with Gasteiger partial charge in [-0.3, -0.25) is 10.1 Å². The number of carbonyl (C=O) groups excluding carboxylic acids is 1. The van der Waals surface area contributed by atoms with Gasteiger partial charge in [0.25, 0.3) is 0 Å². The van der Waals surface area contributed by atoms with Crippen molar-refractivity contribution < 1.29 is 4.79 Å². The van der Waals surface area contributed by atoms with E-state index in [1.54, 1.807) is 0 Å². The highest BCUT2D eigenvalue weighted by Gasteiger charge is 2.55. The van der Waals surface area contributed by atoms with Gasteiger partial charge < -0.3 is 4.90 Å². The fourth-order valence-corrected chi connectivity index (χ4v) is 1.92. The number of carbonyl (C=O) groups is 1. The van der Waals surface area contributed by atoms with Crippen LogP contribution in [0.5, 0.6) is 0 Å². The Labute approximate surface area is 85.8 Å². The van der Waals surface area contributed by atoms with Gasteiger partial charge in [-0.2, -0.15) is 0 Å². The number of rotatable bonds is 3. The maximum atomic E-state index is 11.9. The van der Waals surface area contributed by atoms with E-state index in [0.717, 1.165) is 26.1 Å². The van der Waals surface area contributed by atoms with Gasteiger partial charge in [0, 0.05) is 6.54 Å². The molecule has 0 aromatic rings. The van der Waals surface area contributed by atoms with Crippen molar-refractivity contribution in [3.05, 3.63) is 0 Å². The van der Waals surface area contributed by atoms with Gasteiger partial charge in [0.15, 0.2) is 0 Å². The first-order valence-electron chi connectivity index (χ1n) is 5.59. The van der Waals surface area contributed by atoms with Gasteiger partial charge in [0.2, 0.25) is 5.91 Å². The van der Waals surface area contributed by atoms with E-state index in [4.69, 9.17) is 0 Å². The SMILES string of the molecule is CC(C)C(C)CN1CNC2(CC2)C1=O. The van der Waals surface area contributed by atoms with Crippen molar-refractivity contribution in [2.75, 3.05) is 13.2 Å². The molecule has 1 spiro atoms. The third-order valence-electron chi connectivity index (χ3n) is 3.70. The smallest absolute Gasteiger partial charge is 0.243 e. The summed E-state index contributed by atoms with van der Waals surface area (Å²) in [7, 11) is 0. The minimum atomic E-state index is -0.114. The van der Waals surface area contributed by atoms with E-state index in [1.807, 2.05) is 4.90 Å². The molecule has 1 amide bonds. The van der Waals surface area contributed by atoms with Crippen molar-refractivity contribution in [2.24, 2.45) is 11.8 Å². The second-order valence-corrected chi connectivity index (χ2v) is 5.17. The summed E-state index contributed by atoms with van der Waals surface area (Å²) in [4.78, 5) is 13.9. The summed E-state index contributed by atoms with van der Waals surface area (Å²) < 4.78 is 0. The molecule has 1 saturated heterocycles. The molecule has 1 atom stereocenters. The van der Waals surface area contributed by atoms with Crippen molar-refractivity contribution in [1.82, 2.24) is 10.2 Å². The Hall–Kier alpha value is -0.570. The lowest BCUT2D eigenvalue weighted by Gasteiger charge is -2.22. The van der Waals surface area contributed by atoms with E-state index in [9.17, 15) is 4.79 Å². The first-order chi connectivity index (χ1) is 6.55. The summed E-state index contributed by atoms with van der Waals surface area (Å²) in [6.45, 7) is 8.31. The molecule has 1 saturated carbocycles. The van der Waals surface area contributed by atoms with Crippen LogP contribution < -0.4 is 5.32 Å². The van der Waals surface area contributed by atoms with Crippen molar-refractivity contribution in [3.8, 4) is 0 Å². The van der Waals surface area contributed by atoms with Gasteiger partial charge in [-0.15, -0.1) is 0 Å². The van der Waals surface area contributed by atoms with Crippen LogP contribution in [0, 0.1) is 11.8 Å². The molecule has 0 bridgehead atoms. The van der Waals surface area contributed by atoms with E-state index in [1.165, 1.54) is 0 Å². The topological polar surface area (TPSA) is 32.3 Å². The van der Waals surface area contributed by atoms with Gasteiger partial charge in [-0.25, -0.2) is 0 Å². The maximum absolute atomic E-state index is 11.9. The second-order valence-electron chi connectivity index (χ2n) is 5.17. The minimum absolute atomic E-state index is 0.114. The number of hydrogen-bond acceptors (Lipinski definition) is 2. The molecule has 0 aromatic carbocycles. The lowest BCUT2D eigenvalue weighted by atomic mass is 9.97. The van der Waals surface area contributed by atoms with Gasteiger partial charge in [0.05, 0.1) is 12.2 Å². The van der Waals surface area contributed by atoms with Crippen molar-refractivity contribution >= 4 is 5.91 Å². The molecule has 2 rings (SSSR count). The molecule has 3 heteroatoms. The van der Waals surface area contributed by atoms with Crippen molar-refractivity contribution in [3.63, 3.8) is 0 Å². The predicted molar refractivity (Wildman–Crippen MR) is 55.7 cm³/mol. The summed E-state index contributed by atoms with van der Waals surface area (Å²) >= 11 is 0. The van der Waals surface area contributed by atoms with Crippen LogP contribution in [-0.4, -0.2) is 29.6 Å². The molecule has 1 unspecified atom stereocenters. The molecule has 0 aromatic heterocycles. The van der Waals surface area contributed by atoms with Gasteiger partial charge in [-0.1, -0.05) is 20.8 Å². The zero-order valence-corrected chi connectivity index (χ0v) is 9.34. The lowest BCUT2D eigenvalue weighted by Crippen LogP contribution is -2.35. The molecule has 1 aliphatic heterocycles. The molecule has 1 aliphatic carbocycles.